The number of hydrogen-bond acceptors (Lipinski definition) is 2. The van der Waals surface area contributed by atoms with Crippen molar-refractivity contribution < 1.29 is 9.53 Å². The van der Waals surface area contributed by atoms with Crippen LogP contribution in [0.25, 0.3) is 0 Å². The molecule has 17 heavy (non-hydrogen) atoms. The number of H-pyrrole nitrogens is 1. The minimum Gasteiger partial charge on any atom is -0.492 e. The molecule has 0 spiro atoms. The predicted molar refractivity (Wildman–Crippen MR) is 65.1 cm³/mol. The molecule has 88 valence electrons. The Labute approximate surface area is 99.6 Å². The lowest BCUT2D eigenvalue weighted by molar-refractivity contribution is 0.0942. The molecule has 0 unspecified atom stereocenters. The van der Waals surface area contributed by atoms with Crippen LogP contribution in [0.5, 0.6) is 5.75 Å². The summed E-state index contributed by atoms with van der Waals surface area (Å²) in [5, 5.41) is 2.76. The quantitative estimate of drug-likeness (QED) is 0.770. The van der Waals surface area contributed by atoms with Crippen LogP contribution < -0.4 is 10.1 Å². The fourth-order valence-corrected chi connectivity index (χ4v) is 1.42. The Balaban J connectivity index is 1.69. The fourth-order valence-electron chi connectivity index (χ4n) is 1.42. The number of ether oxygens (including phenoxy) is 1. The zero-order valence-electron chi connectivity index (χ0n) is 9.35. The number of aromatic amines is 1. The molecule has 2 aromatic rings. The van der Waals surface area contributed by atoms with E-state index in [0.29, 0.717) is 18.8 Å². The summed E-state index contributed by atoms with van der Waals surface area (Å²) in [7, 11) is 0. The van der Waals surface area contributed by atoms with Gasteiger partial charge in [0, 0.05) is 6.20 Å². The molecule has 0 fully saturated rings. The van der Waals surface area contributed by atoms with E-state index in [0.717, 1.165) is 5.75 Å². The molecule has 0 radical (unpaired) electrons. The van der Waals surface area contributed by atoms with E-state index in [-0.39, 0.29) is 5.91 Å². The Hall–Kier alpha value is -2.23. The number of nitrogens with one attached hydrogen (secondary N) is 2. The van der Waals surface area contributed by atoms with Gasteiger partial charge in [-0.15, -0.1) is 0 Å². The molecule has 0 aliphatic rings. The van der Waals surface area contributed by atoms with Crippen LogP contribution in [-0.2, 0) is 0 Å². The number of carbonyl (C=O) groups excluding carboxylic acids is 1. The average molecular weight is 230 g/mol. The maximum atomic E-state index is 11.5. The smallest absolute Gasteiger partial charge is 0.267 e. The summed E-state index contributed by atoms with van der Waals surface area (Å²) in [6, 6.07) is 13.0. The van der Waals surface area contributed by atoms with Crippen LogP contribution in [0.1, 0.15) is 10.5 Å². The first kappa shape index (κ1) is 11.3. The van der Waals surface area contributed by atoms with E-state index in [4.69, 9.17) is 4.74 Å². The lowest BCUT2D eigenvalue weighted by atomic mass is 10.3. The van der Waals surface area contributed by atoms with E-state index in [2.05, 4.69) is 10.3 Å². The van der Waals surface area contributed by atoms with Crippen LogP contribution >= 0.6 is 0 Å². The second kappa shape index (κ2) is 5.75. The van der Waals surface area contributed by atoms with E-state index in [9.17, 15) is 4.79 Å². The number of carbonyl (C=O) groups is 1. The number of para-hydroxylation sites is 1. The fraction of sp³-hybridized carbons (Fsp3) is 0.154. The van der Waals surface area contributed by atoms with Crippen LogP contribution in [0.15, 0.2) is 48.7 Å². The van der Waals surface area contributed by atoms with Gasteiger partial charge < -0.3 is 15.0 Å². The Morgan fingerprint density at radius 1 is 1.18 bits per heavy atom. The van der Waals surface area contributed by atoms with Gasteiger partial charge in [0.15, 0.2) is 0 Å². The highest BCUT2D eigenvalue weighted by Gasteiger charge is 2.03. The molecule has 0 aliphatic carbocycles. The molecule has 0 atom stereocenters. The van der Waals surface area contributed by atoms with Crippen molar-refractivity contribution in [3.63, 3.8) is 0 Å². The Morgan fingerprint density at radius 3 is 2.71 bits per heavy atom. The van der Waals surface area contributed by atoms with E-state index in [1.54, 1.807) is 18.3 Å². The van der Waals surface area contributed by atoms with Crippen molar-refractivity contribution in [1.29, 1.82) is 0 Å². The van der Waals surface area contributed by atoms with E-state index in [1.165, 1.54) is 0 Å². The second-order valence-corrected chi connectivity index (χ2v) is 3.50. The van der Waals surface area contributed by atoms with Gasteiger partial charge in [0.25, 0.3) is 5.91 Å². The van der Waals surface area contributed by atoms with Crippen molar-refractivity contribution in [3.8, 4) is 5.75 Å². The maximum absolute atomic E-state index is 11.5. The average Bonchev–Trinajstić information content (AvgIpc) is 2.89. The molecule has 1 aromatic carbocycles. The van der Waals surface area contributed by atoms with Crippen molar-refractivity contribution in [2.45, 2.75) is 0 Å². The SMILES string of the molecule is O=C(NCCOc1ccccc1)c1ccc[nH]1. The molecule has 4 nitrogen and oxygen atoms in total. The van der Waals surface area contributed by atoms with Crippen LogP contribution in [0, 0.1) is 0 Å². The zero-order valence-corrected chi connectivity index (χ0v) is 9.35. The molecular formula is C13H14N2O2. The monoisotopic (exact) mass is 230 g/mol. The predicted octanol–water partition coefficient (Wildman–Crippen LogP) is 1.82. The molecule has 0 aliphatic heterocycles. The lowest BCUT2D eigenvalue weighted by Crippen LogP contribution is -2.28. The summed E-state index contributed by atoms with van der Waals surface area (Å²) >= 11 is 0. The highest BCUT2D eigenvalue weighted by Crippen LogP contribution is 2.07. The number of aromatic nitrogens is 1. The summed E-state index contributed by atoms with van der Waals surface area (Å²) in [5.41, 5.74) is 0.560. The molecule has 0 bridgehead atoms. The Morgan fingerprint density at radius 2 is 2.00 bits per heavy atom. The molecule has 0 saturated carbocycles. The molecular weight excluding hydrogens is 216 g/mol. The van der Waals surface area contributed by atoms with Crippen molar-refractivity contribution in [3.05, 3.63) is 54.4 Å². The normalized spacial score (nSPS) is 9.88. The largest absolute Gasteiger partial charge is 0.492 e. The number of amides is 1. The minimum atomic E-state index is -0.119. The van der Waals surface area contributed by atoms with Gasteiger partial charge >= 0.3 is 0 Å². The van der Waals surface area contributed by atoms with Gasteiger partial charge in [0.05, 0.1) is 6.54 Å². The van der Waals surface area contributed by atoms with Crippen molar-refractivity contribution >= 4 is 5.91 Å². The summed E-state index contributed by atoms with van der Waals surface area (Å²) in [6.07, 6.45) is 1.72. The van der Waals surface area contributed by atoms with Gasteiger partial charge in [0.2, 0.25) is 0 Å². The number of rotatable bonds is 5. The lowest BCUT2D eigenvalue weighted by Gasteiger charge is -2.06. The first-order valence-electron chi connectivity index (χ1n) is 5.46. The third-order valence-electron chi connectivity index (χ3n) is 2.24. The van der Waals surface area contributed by atoms with Gasteiger partial charge in [-0.05, 0) is 24.3 Å². The number of hydrogen-bond donors (Lipinski definition) is 2. The second-order valence-electron chi connectivity index (χ2n) is 3.50. The summed E-state index contributed by atoms with van der Waals surface area (Å²) < 4.78 is 5.45. The molecule has 1 aromatic heterocycles. The number of benzene rings is 1. The Bertz CT molecular complexity index is 452. The van der Waals surface area contributed by atoms with Crippen LogP contribution in [0.3, 0.4) is 0 Å². The van der Waals surface area contributed by atoms with E-state index >= 15 is 0 Å². The topological polar surface area (TPSA) is 54.1 Å². The third-order valence-corrected chi connectivity index (χ3v) is 2.24. The van der Waals surface area contributed by atoms with Gasteiger partial charge in [-0.2, -0.15) is 0 Å². The summed E-state index contributed by atoms with van der Waals surface area (Å²) in [6.45, 7) is 0.934. The minimum absolute atomic E-state index is 0.119. The third kappa shape index (κ3) is 3.38. The van der Waals surface area contributed by atoms with Gasteiger partial charge in [-0.1, -0.05) is 18.2 Å². The van der Waals surface area contributed by atoms with Gasteiger partial charge in [-0.25, -0.2) is 0 Å². The van der Waals surface area contributed by atoms with E-state index in [1.807, 2.05) is 30.3 Å². The molecule has 4 heteroatoms. The molecule has 2 N–H and O–H groups in total. The van der Waals surface area contributed by atoms with Crippen molar-refractivity contribution in [2.75, 3.05) is 13.2 Å². The van der Waals surface area contributed by atoms with Gasteiger partial charge in [0.1, 0.15) is 18.1 Å². The highest BCUT2D eigenvalue weighted by atomic mass is 16.5. The first-order valence-corrected chi connectivity index (χ1v) is 5.46. The Kier molecular flexibility index (Phi) is 3.81. The van der Waals surface area contributed by atoms with Crippen LogP contribution in [0.4, 0.5) is 0 Å². The van der Waals surface area contributed by atoms with Gasteiger partial charge in [-0.3, -0.25) is 4.79 Å². The van der Waals surface area contributed by atoms with Crippen molar-refractivity contribution in [2.24, 2.45) is 0 Å². The standard InChI is InChI=1S/C13H14N2O2/c16-13(12-7-4-8-14-12)15-9-10-17-11-5-2-1-3-6-11/h1-8,14H,9-10H2,(H,15,16). The molecule has 1 amide bonds. The first-order chi connectivity index (χ1) is 8.36. The molecule has 1 heterocycles. The summed E-state index contributed by atoms with van der Waals surface area (Å²) in [4.78, 5) is 14.4. The van der Waals surface area contributed by atoms with E-state index < -0.39 is 0 Å². The summed E-state index contributed by atoms with van der Waals surface area (Å²) in [5.74, 6) is 0.688. The van der Waals surface area contributed by atoms with Crippen LogP contribution in [0.2, 0.25) is 0 Å². The highest BCUT2D eigenvalue weighted by molar-refractivity contribution is 5.92. The van der Waals surface area contributed by atoms with Crippen LogP contribution in [-0.4, -0.2) is 24.0 Å². The van der Waals surface area contributed by atoms with Crippen molar-refractivity contribution in [1.82, 2.24) is 10.3 Å². The zero-order chi connectivity index (χ0) is 11.9. The molecule has 0 saturated heterocycles. The maximum Gasteiger partial charge on any atom is 0.267 e. The molecule has 2 rings (SSSR count).